The van der Waals surface area contributed by atoms with Crippen molar-refractivity contribution in [1.29, 1.82) is 0 Å². The van der Waals surface area contributed by atoms with Crippen molar-refractivity contribution in [3.05, 3.63) is 23.4 Å². The van der Waals surface area contributed by atoms with Gasteiger partial charge in [-0.15, -0.1) is 0 Å². The second-order valence-corrected chi connectivity index (χ2v) is 5.87. The monoisotopic (exact) mass is 310 g/mol. The molecular weight excluding hydrogens is 288 g/mol. The zero-order valence-electron chi connectivity index (χ0n) is 11.5. The number of aromatic nitrogens is 1. The van der Waals surface area contributed by atoms with Gasteiger partial charge in [-0.2, -0.15) is 0 Å². The molecule has 1 fully saturated rings. The average Bonchev–Trinajstić information content (AvgIpc) is 2.63. The predicted molar refractivity (Wildman–Crippen MR) is 81.5 cm³/mol. The summed E-state index contributed by atoms with van der Waals surface area (Å²) >= 11 is 3.49. The molecule has 18 heavy (non-hydrogen) atoms. The average molecular weight is 311 g/mol. The third kappa shape index (κ3) is 3.25. The van der Waals surface area contributed by atoms with Gasteiger partial charge < -0.3 is 4.90 Å². The highest BCUT2D eigenvalue weighted by atomic mass is 79.9. The van der Waals surface area contributed by atoms with Crippen molar-refractivity contribution in [3.8, 4) is 0 Å². The van der Waals surface area contributed by atoms with Gasteiger partial charge in [0, 0.05) is 24.6 Å². The van der Waals surface area contributed by atoms with Gasteiger partial charge in [-0.05, 0) is 43.2 Å². The Hall–Kier alpha value is -0.570. The fourth-order valence-electron chi connectivity index (χ4n) is 2.82. The molecule has 2 rings (SSSR count). The molecule has 1 aromatic heterocycles. The second-order valence-electron chi connectivity index (χ2n) is 5.31. The molecule has 1 aliphatic heterocycles. The normalized spacial score (nSPS) is 20.8. The number of hydrogen-bond acceptors (Lipinski definition) is 2. The molecule has 0 saturated carbocycles. The Labute approximate surface area is 119 Å². The van der Waals surface area contributed by atoms with E-state index in [2.05, 4.69) is 45.7 Å². The summed E-state index contributed by atoms with van der Waals surface area (Å²) in [5, 5.41) is 0.888. The van der Waals surface area contributed by atoms with E-state index >= 15 is 0 Å². The maximum Gasteiger partial charge on any atom is 0.131 e. The van der Waals surface area contributed by atoms with E-state index in [1.54, 1.807) is 0 Å². The molecule has 1 aromatic rings. The first kappa shape index (κ1) is 13.9. The van der Waals surface area contributed by atoms with E-state index in [1.165, 1.54) is 49.2 Å². The highest BCUT2D eigenvalue weighted by molar-refractivity contribution is 9.08. The zero-order valence-corrected chi connectivity index (χ0v) is 13.0. The molecule has 0 radical (unpaired) electrons. The number of nitrogens with zero attached hydrogens (tertiary/aromatic N) is 2. The van der Waals surface area contributed by atoms with Crippen LogP contribution in [0, 0.1) is 12.8 Å². The molecule has 0 aromatic carbocycles. The lowest BCUT2D eigenvalue weighted by Gasteiger charge is -2.23. The lowest BCUT2D eigenvalue weighted by atomic mass is 9.98. The van der Waals surface area contributed by atoms with Crippen LogP contribution < -0.4 is 4.90 Å². The van der Waals surface area contributed by atoms with Gasteiger partial charge in [0.25, 0.3) is 0 Å². The van der Waals surface area contributed by atoms with Crippen molar-refractivity contribution >= 4 is 21.7 Å². The van der Waals surface area contributed by atoms with E-state index in [-0.39, 0.29) is 0 Å². The highest BCUT2D eigenvalue weighted by Gasteiger charge is 2.18. The number of hydrogen-bond donors (Lipinski definition) is 0. The first-order chi connectivity index (χ1) is 8.74. The van der Waals surface area contributed by atoms with E-state index in [4.69, 9.17) is 0 Å². The summed E-state index contributed by atoms with van der Waals surface area (Å²) in [7, 11) is 0. The van der Waals surface area contributed by atoms with Crippen molar-refractivity contribution in [3.63, 3.8) is 0 Å². The standard InChI is InChI=1S/C15H23BrN2/c1-3-13-5-4-7-18(8-6-13)15-12(2)9-14(10-16)11-17-15/h9,11,13H,3-8,10H2,1-2H3. The van der Waals surface area contributed by atoms with Gasteiger partial charge in [-0.1, -0.05) is 35.3 Å². The van der Waals surface area contributed by atoms with Crippen LogP contribution in [0.5, 0.6) is 0 Å². The first-order valence-electron chi connectivity index (χ1n) is 7.01. The maximum absolute atomic E-state index is 4.66. The van der Waals surface area contributed by atoms with Crippen LogP contribution in [0.15, 0.2) is 12.3 Å². The number of rotatable bonds is 3. The van der Waals surface area contributed by atoms with Gasteiger partial charge in [0.1, 0.15) is 5.82 Å². The van der Waals surface area contributed by atoms with Crippen LogP contribution in [-0.4, -0.2) is 18.1 Å². The van der Waals surface area contributed by atoms with Gasteiger partial charge in [-0.3, -0.25) is 0 Å². The summed E-state index contributed by atoms with van der Waals surface area (Å²) in [5.41, 5.74) is 2.57. The number of pyridine rings is 1. The molecule has 2 nitrogen and oxygen atoms in total. The van der Waals surface area contributed by atoms with Gasteiger partial charge >= 0.3 is 0 Å². The van der Waals surface area contributed by atoms with E-state index in [0.29, 0.717) is 0 Å². The molecule has 0 aliphatic carbocycles. The van der Waals surface area contributed by atoms with Crippen molar-refractivity contribution in [2.75, 3.05) is 18.0 Å². The Morgan fingerprint density at radius 2 is 2.22 bits per heavy atom. The van der Waals surface area contributed by atoms with Crippen LogP contribution in [-0.2, 0) is 5.33 Å². The Bertz CT molecular complexity index is 392. The highest BCUT2D eigenvalue weighted by Crippen LogP contribution is 2.25. The van der Waals surface area contributed by atoms with Gasteiger partial charge in [0.2, 0.25) is 0 Å². The predicted octanol–water partition coefficient (Wildman–Crippen LogP) is 4.30. The molecule has 1 atom stereocenters. The summed E-state index contributed by atoms with van der Waals surface area (Å²) in [4.78, 5) is 7.14. The molecule has 2 heterocycles. The fourth-order valence-corrected chi connectivity index (χ4v) is 3.12. The number of halogens is 1. The molecule has 1 saturated heterocycles. The quantitative estimate of drug-likeness (QED) is 0.774. The molecular formula is C15H23BrN2. The minimum absolute atomic E-state index is 0.888. The Balaban J connectivity index is 2.11. The molecule has 0 N–H and O–H groups in total. The van der Waals surface area contributed by atoms with Gasteiger partial charge in [-0.25, -0.2) is 4.98 Å². The van der Waals surface area contributed by atoms with E-state index in [9.17, 15) is 0 Å². The SMILES string of the molecule is CCC1CCCN(c2ncc(CBr)cc2C)CC1. The van der Waals surface area contributed by atoms with E-state index in [1.807, 2.05) is 6.20 Å². The molecule has 0 amide bonds. The summed E-state index contributed by atoms with van der Waals surface area (Å²) in [5.74, 6) is 2.11. The lowest BCUT2D eigenvalue weighted by molar-refractivity contribution is 0.459. The minimum Gasteiger partial charge on any atom is -0.356 e. The molecule has 1 aliphatic rings. The van der Waals surface area contributed by atoms with Crippen LogP contribution >= 0.6 is 15.9 Å². The van der Waals surface area contributed by atoms with Crippen LogP contribution in [0.2, 0.25) is 0 Å². The van der Waals surface area contributed by atoms with Crippen LogP contribution in [0.4, 0.5) is 5.82 Å². The third-order valence-corrected chi connectivity index (χ3v) is 4.63. The second kappa shape index (κ2) is 6.55. The number of alkyl halides is 1. The fraction of sp³-hybridized carbons (Fsp3) is 0.667. The molecule has 0 spiro atoms. The molecule has 0 bridgehead atoms. The van der Waals surface area contributed by atoms with Crippen LogP contribution in [0.25, 0.3) is 0 Å². The Kier molecular flexibility index (Phi) is 5.04. The number of aryl methyl sites for hydroxylation is 1. The van der Waals surface area contributed by atoms with E-state index < -0.39 is 0 Å². The first-order valence-corrected chi connectivity index (χ1v) is 8.13. The topological polar surface area (TPSA) is 16.1 Å². The maximum atomic E-state index is 4.66. The molecule has 1 unspecified atom stereocenters. The lowest BCUT2D eigenvalue weighted by Crippen LogP contribution is -2.26. The molecule has 3 heteroatoms. The van der Waals surface area contributed by atoms with Crippen molar-refractivity contribution in [1.82, 2.24) is 4.98 Å². The van der Waals surface area contributed by atoms with Gasteiger partial charge in [0.15, 0.2) is 0 Å². The Morgan fingerprint density at radius 3 is 2.89 bits per heavy atom. The third-order valence-electron chi connectivity index (χ3n) is 3.99. The zero-order chi connectivity index (χ0) is 13.0. The van der Waals surface area contributed by atoms with E-state index in [0.717, 1.165) is 17.8 Å². The van der Waals surface area contributed by atoms with Crippen molar-refractivity contribution < 1.29 is 0 Å². The summed E-state index contributed by atoms with van der Waals surface area (Å²) < 4.78 is 0. The Morgan fingerprint density at radius 1 is 1.39 bits per heavy atom. The largest absolute Gasteiger partial charge is 0.356 e. The van der Waals surface area contributed by atoms with Crippen molar-refractivity contribution in [2.24, 2.45) is 5.92 Å². The van der Waals surface area contributed by atoms with Crippen molar-refractivity contribution in [2.45, 2.75) is 44.9 Å². The molecule has 100 valence electrons. The van der Waals surface area contributed by atoms with Crippen LogP contribution in [0.3, 0.4) is 0 Å². The summed E-state index contributed by atoms with van der Waals surface area (Å²) in [6.45, 7) is 6.82. The minimum atomic E-state index is 0.888. The summed E-state index contributed by atoms with van der Waals surface area (Å²) in [6.07, 6.45) is 7.32. The van der Waals surface area contributed by atoms with Gasteiger partial charge in [0.05, 0.1) is 0 Å². The smallest absolute Gasteiger partial charge is 0.131 e. The number of anilines is 1. The van der Waals surface area contributed by atoms with Crippen LogP contribution in [0.1, 0.15) is 43.7 Å². The summed E-state index contributed by atoms with van der Waals surface area (Å²) in [6, 6.07) is 2.25.